The zero-order chi connectivity index (χ0) is 13.9. The van der Waals surface area contributed by atoms with Crippen LogP contribution in [0.4, 0.5) is 0 Å². The summed E-state index contributed by atoms with van der Waals surface area (Å²) >= 11 is 11.5. The second kappa shape index (κ2) is 5.91. The van der Waals surface area contributed by atoms with Crippen LogP contribution >= 0.6 is 23.2 Å². The van der Waals surface area contributed by atoms with E-state index >= 15 is 0 Å². The molecule has 0 aliphatic carbocycles. The van der Waals surface area contributed by atoms with Gasteiger partial charge in [-0.05, 0) is 18.6 Å². The molecule has 0 aliphatic heterocycles. The molecule has 0 aromatic heterocycles. The van der Waals surface area contributed by atoms with Gasteiger partial charge in [0.25, 0.3) is 0 Å². The molecule has 0 aliphatic rings. The van der Waals surface area contributed by atoms with Gasteiger partial charge in [0, 0.05) is 0 Å². The standard InChI is InChI=1S/C11H12Cl2O4S/c1-2-3-4-18(16,17)10-5-7(11(14)15)8(12)6-9(10)13/h5-6H,2-4H2,1H3,(H,14,15). The van der Waals surface area contributed by atoms with Gasteiger partial charge < -0.3 is 5.11 Å². The Morgan fingerprint density at radius 3 is 2.39 bits per heavy atom. The molecular weight excluding hydrogens is 299 g/mol. The van der Waals surface area contributed by atoms with Crippen molar-refractivity contribution in [2.24, 2.45) is 0 Å². The van der Waals surface area contributed by atoms with E-state index in [1.165, 1.54) is 0 Å². The molecule has 0 unspecified atom stereocenters. The number of carboxylic acids is 1. The number of aromatic carboxylic acids is 1. The van der Waals surface area contributed by atoms with Crippen LogP contribution in [0, 0.1) is 0 Å². The summed E-state index contributed by atoms with van der Waals surface area (Å²) in [7, 11) is -3.58. The molecule has 100 valence electrons. The first-order valence-corrected chi connectivity index (χ1v) is 7.65. The third-order valence-electron chi connectivity index (χ3n) is 2.35. The largest absolute Gasteiger partial charge is 0.478 e. The normalized spacial score (nSPS) is 11.5. The van der Waals surface area contributed by atoms with Crippen LogP contribution in [0.1, 0.15) is 30.1 Å². The van der Waals surface area contributed by atoms with Crippen molar-refractivity contribution in [3.05, 3.63) is 27.7 Å². The van der Waals surface area contributed by atoms with Gasteiger partial charge in [-0.1, -0.05) is 36.5 Å². The number of carboxylic acid groups (broad SMARTS) is 1. The van der Waals surface area contributed by atoms with Gasteiger partial charge in [-0.2, -0.15) is 0 Å². The summed E-state index contributed by atoms with van der Waals surface area (Å²) in [6.45, 7) is 1.86. The van der Waals surface area contributed by atoms with Gasteiger partial charge in [0.05, 0.1) is 26.3 Å². The molecule has 0 bridgehead atoms. The van der Waals surface area contributed by atoms with Gasteiger partial charge in [0.2, 0.25) is 0 Å². The minimum atomic E-state index is -3.58. The lowest BCUT2D eigenvalue weighted by Gasteiger charge is -2.08. The molecule has 1 rings (SSSR count). The highest BCUT2D eigenvalue weighted by Crippen LogP contribution is 2.29. The maximum atomic E-state index is 12.0. The highest BCUT2D eigenvalue weighted by Gasteiger charge is 2.21. The number of hydrogen-bond donors (Lipinski definition) is 1. The van der Waals surface area contributed by atoms with Crippen molar-refractivity contribution in [3.63, 3.8) is 0 Å². The van der Waals surface area contributed by atoms with Gasteiger partial charge in [-0.3, -0.25) is 0 Å². The molecule has 0 fully saturated rings. The zero-order valence-electron chi connectivity index (χ0n) is 9.61. The summed E-state index contributed by atoms with van der Waals surface area (Å²) < 4.78 is 24.0. The molecule has 0 heterocycles. The Labute approximate surface area is 115 Å². The van der Waals surface area contributed by atoms with Crippen LogP contribution < -0.4 is 0 Å². The van der Waals surface area contributed by atoms with E-state index in [0.717, 1.165) is 18.6 Å². The van der Waals surface area contributed by atoms with Gasteiger partial charge in [0.15, 0.2) is 9.84 Å². The van der Waals surface area contributed by atoms with Crippen molar-refractivity contribution in [3.8, 4) is 0 Å². The number of rotatable bonds is 5. The van der Waals surface area contributed by atoms with Gasteiger partial charge in [0.1, 0.15) is 0 Å². The van der Waals surface area contributed by atoms with Crippen molar-refractivity contribution < 1.29 is 18.3 Å². The molecule has 0 radical (unpaired) electrons. The molecule has 1 aromatic rings. The van der Waals surface area contributed by atoms with E-state index in [1.807, 2.05) is 6.92 Å². The number of sulfone groups is 1. The molecule has 4 nitrogen and oxygen atoms in total. The molecule has 1 aromatic carbocycles. The maximum absolute atomic E-state index is 12.0. The lowest BCUT2D eigenvalue weighted by molar-refractivity contribution is 0.0697. The summed E-state index contributed by atoms with van der Waals surface area (Å²) in [5.41, 5.74) is -0.267. The summed E-state index contributed by atoms with van der Waals surface area (Å²) in [4.78, 5) is 10.7. The highest BCUT2D eigenvalue weighted by atomic mass is 35.5. The number of benzene rings is 1. The van der Waals surface area contributed by atoms with Crippen LogP contribution in [0.3, 0.4) is 0 Å². The molecule has 0 atom stereocenters. The van der Waals surface area contributed by atoms with Crippen LogP contribution in [-0.4, -0.2) is 25.2 Å². The SMILES string of the molecule is CCCCS(=O)(=O)c1cc(C(=O)O)c(Cl)cc1Cl. The molecule has 0 amide bonds. The Bertz CT molecular complexity index is 567. The minimum absolute atomic E-state index is 0.0545. The van der Waals surface area contributed by atoms with Crippen molar-refractivity contribution >= 4 is 39.0 Å². The van der Waals surface area contributed by atoms with E-state index in [0.29, 0.717) is 6.42 Å². The van der Waals surface area contributed by atoms with Crippen LogP contribution in [0.5, 0.6) is 0 Å². The van der Waals surface area contributed by atoms with E-state index in [2.05, 4.69) is 0 Å². The van der Waals surface area contributed by atoms with E-state index < -0.39 is 15.8 Å². The fraction of sp³-hybridized carbons (Fsp3) is 0.364. The minimum Gasteiger partial charge on any atom is -0.478 e. The van der Waals surface area contributed by atoms with E-state index in [4.69, 9.17) is 28.3 Å². The van der Waals surface area contributed by atoms with Crippen LogP contribution in [0.2, 0.25) is 10.0 Å². The first-order chi connectivity index (χ1) is 8.29. The summed E-state index contributed by atoms with van der Waals surface area (Å²) in [5.74, 6) is -1.35. The number of halogens is 2. The average molecular weight is 311 g/mol. The second-order valence-electron chi connectivity index (χ2n) is 3.74. The Hall–Kier alpha value is -0.780. The summed E-state index contributed by atoms with van der Waals surface area (Å²) in [6, 6.07) is 2.16. The number of carbonyl (C=O) groups is 1. The first-order valence-electron chi connectivity index (χ1n) is 5.24. The average Bonchev–Trinajstić information content (AvgIpc) is 2.25. The van der Waals surface area contributed by atoms with Crippen molar-refractivity contribution in [1.29, 1.82) is 0 Å². The third kappa shape index (κ3) is 3.37. The number of unbranched alkanes of at least 4 members (excludes halogenated alkanes) is 1. The third-order valence-corrected chi connectivity index (χ3v) is 4.93. The topological polar surface area (TPSA) is 71.4 Å². The maximum Gasteiger partial charge on any atom is 0.337 e. The molecular formula is C11H12Cl2O4S. The molecule has 0 saturated carbocycles. The summed E-state index contributed by atoms with van der Waals surface area (Å²) in [5, 5.41) is 8.76. The van der Waals surface area contributed by atoms with Gasteiger partial charge >= 0.3 is 5.97 Å². The van der Waals surface area contributed by atoms with Crippen molar-refractivity contribution in [1.82, 2.24) is 0 Å². The Kier molecular flexibility index (Phi) is 5.01. The van der Waals surface area contributed by atoms with Crippen LogP contribution in [0.15, 0.2) is 17.0 Å². The molecule has 1 N–H and O–H groups in total. The lowest BCUT2D eigenvalue weighted by Crippen LogP contribution is -2.09. The highest BCUT2D eigenvalue weighted by molar-refractivity contribution is 7.91. The fourth-order valence-electron chi connectivity index (χ4n) is 1.38. The quantitative estimate of drug-likeness (QED) is 0.906. The van der Waals surface area contributed by atoms with Crippen molar-refractivity contribution in [2.75, 3.05) is 5.75 Å². The number of hydrogen-bond acceptors (Lipinski definition) is 3. The molecule has 7 heteroatoms. The first kappa shape index (κ1) is 15.3. The fourth-order valence-corrected chi connectivity index (χ4v) is 3.73. The molecule has 18 heavy (non-hydrogen) atoms. The predicted octanol–water partition coefficient (Wildman–Crippen LogP) is 3.27. The zero-order valence-corrected chi connectivity index (χ0v) is 11.9. The lowest BCUT2D eigenvalue weighted by atomic mass is 10.2. The van der Waals surface area contributed by atoms with Gasteiger partial charge in [-0.15, -0.1) is 0 Å². The Balaban J connectivity index is 3.33. The van der Waals surface area contributed by atoms with E-state index in [1.54, 1.807) is 0 Å². The summed E-state index contributed by atoms with van der Waals surface area (Å²) in [6.07, 6.45) is 1.21. The predicted molar refractivity (Wildman–Crippen MR) is 70.4 cm³/mol. The second-order valence-corrected chi connectivity index (χ2v) is 6.63. The smallest absolute Gasteiger partial charge is 0.337 e. The Morgan fingerprint density at radius 2 is 1.89 bits per heavy atom. The molecule has 0 saturated heterocycles. The van der Waals surface area contributed by atoms with Crippen molar-refractivity contribution in [2.45, 2.75) is 24.7 Å². The van der Waals surface area contributed by atoms with E-state index in [-0.39, 0.29) is 26.3 Å². The molecule has 0 spiro atoms. The Morgan fingerprint density at radius 1 is 1.28 bits per heavy atom. The monoisotopic (exact) mass is 310 g/mol. The van der Waals surface area contributed by atoms with Crippen LogP contribution in [-0.2, 0) is 9.84 Å². The van der Waals surface area contributed by atoms with Crippen LogP contribution in [0.25, 0.3) is 0 Å². The van der Waals surface area contributed by atoms with E-state index in [9.17, 15) is 13.2 Å². The van der Waals surface area contributed by atoms with Gasteiger partial charge in [-0.25, -0.2) is 13.2 Å².